The van der Waals surface area contributed by atoms with E-state index in [1.165, 1.54) is 0 Å². The van der Waals surface area contributed by atoms with Crippen LogP contribution in [0.25, 0.3) is 0 Å². The molecule has 0 fully saturated rings. The lowest BCUT2D eigenvalue weighted by molar-refractivity contribution is 0.111. The largest absolute Gasteiger partial charge is 0.366 e. The van der Waals surface area contributed by atoms with Gasteiger partial charge in [-0.15, -0.1) is 11.8 Å². The van der Waals surface area contributed by atoms with E-state index in [1.807, 2.05) is 18.2 Å². The molecule has 1 aromatic rings. The minimum absolute atomic E-state index is 0.509. The molecule has 0 aromatic heterocycles. The van der Waals surface area contributed by atoms with Crippen molar-refractivity contribution in [2.45, 2.75) is 25.7 Å². The van der Waals surface area contributed by atoms with Crippen LogP contribution in [0.1, 0.15) is 29.8 Å². The van der Waals surface area contributed by atoms with Crippen LogP contribution in [0.2, 0.25) is 0 Å². The van der Waals surface area contributed by atoms with Gasteiger partial charge in [0.2, 0.25) is 0 Å². The summed E-state index contributed by atoms with van der Waals surface area (Å²) in [6.07, 6.45) is 0.869. The number of hydrogen-bond acceptors (Lipinski definition) is 3. The SMILES string of the molecule is CC(C)SCOCc1ccccc1C=O. The van der Waals surface area contributed by atoms with Crippen molar-refractivity contribution < 1.29 is 9.53 Å². The molecule has 0 heterocycles. The smallest absolute Gasteiger partial charge is 0.150 e. The number of rotatable bonds is 6. The molecule has 1 aromatic carbocycles. The van der Waals surface area contributed by atoms with Gasteiger partial charge >= 0.3 is 0 Å². The van der Waals surface area contributed by atoms with Gasteiger partial charge in [-0.05, 0) is 5.56 Å². The molecular formula is C12H16O2S. The van der Waals surface area contributed by atoms with Gasteiger partial charge in [-0.2, -0.15) is 0 Å². The van der Waals surface area contributed by atoms with E-state index in [0.717, 1.165) is 11.8 Å². The summed E-state index contributed by atoms with van der Waals surface area (Å²) in [6.45, 7) is 4.77. The molecule has 0 unspecified atom stereocenters. The first-order valence-corrected chi connectivity index (χ1v) is 6.01. The fraction of sp³-hybridized carbons (Fsp3) is 0.417. The topological polar surface area (TPSA) is 26.3 Å². The summed E-state index contributed by atoms with van der Waals surface area (Å²) in [6, 6.07) is 7.50. The maximum absolute atomic E-state index is 10.7. The molecular weight excluding hydrogens is 208 g/mol. The van der Waals surface area contributed by atoms with Crippen LogP contribution in [0.5, 0.6) is 0 Å². The fourth-order valence-corrected chi connectivity index (χ4v) is 1.57. The van der Waals surface area contributed by atoms with Crippen LogP contribution in [0.15, 0.2) is 24.3 Å². The van der Waals surface area contributed by atoms with E-state index in [4.69, 9.17) is 4.74 Å². The first kappa shape index (κ1) is 12.3. The number of carbonyl (C=O) groups is 1. The fourth-order valence-electron chi connectivity index (χ4n) is 1.12. The Morgan fingerprint density at radius 3 is 2.80 bits per heavy atom. The second-order valence-electron chi connectivity index (χ2n) is 3.50. The molecule has 0 spiro atoms. The first-order chi connectivity index (χ1) is 7.24. The van der Waals surface area contributed by atoms with Crippen LogP contribution in [0.3, 0.4) is 0 Å². The third-order valence-electron chi connectivity index (χ3n) is 1.92. The Labute approximate surface area is 95.0 Å². The van der Waals surface area contributed by atoms with Crippen LogP contribution in [0.4, 0.5) is 0 Å². The Balaban J connectivity index is 2.40. The minimum atomic E-state index is 0.509. The molecule has 0 N–H and O–H groups in total. The molecule has 3 heteroatoms. The molecule has 0 amide bonds. The van der Waals surface area contributed by atoms with Crippen molar-refractivity contribution in [2.24, 2.45) is 0 Å². The van der Waals surface area contributed by atoms with Gasteiger partial charge in [0.15, 0.2) is 0 Å². The number of ether oxygens (including phenoxy) is 1. The Hall–Kier alpha value is -0.800. The Morgan fingerprint density at radius 2 is 2.13 bits per heavy atom. The summed E-state index contributed by atoms with van der Waals surface area (Å²) in [5, 5.41) is 0.575. The molecule has 0 radical (unpaired) electrons. The molecule has 0 saturated heterocycles. The molecule has 0 aliphatic rings. The second kappa shape index (κ2) is 6.64. The number of thioether (sulfide) groups is 1. The molecule has 82 valence electrons. The van der Waals surface area contributed by atoms with E-state index in [9.17, 15) is 4.79 Å². The van der Waals surface area contributed by atoms with Crippen molar-refractivity contribution in [1.82, 2.24) is 0 Å². The van der Waals surface area contributed by atoms with Gasteiger partial charge in [-0.25, -0.2) is 0 Å². The predicted octanol–water partition coefficient (Wildman–Crippen LogP) is 3.11. The highest BCUT2D eigenvalue weighted by Crippen LogP contribution is 2.12. The van der Waals surface area contributed by atoms with Gasteiger partial charge in [0.05, 0.1) is 12.5 Å². The normalized spacial score (nSPS) is 10.6. The zero-order valence-electron chi connectivity index (χ0n) is 9.10. The summed E-state index contributed by atoms with van der Waals surface area (Å²) in [5.74, 6) is 0.671. The number of hydrogen-bond donors (Lipinski definition) is 0. The van der Waals surface area contributed by atoms with Crippen molar-refractivity contribution in [2.75, 3.05) is 5.94 Å². The summed E-state index contributed by atoms with van der Waals surface area (Å²) in [5.41, 5.74) is 1.67. The standard InChI is InChI=1S/C12H16O2S/c1-10(2)15-9-14-8-12-6-4-3-5-11(12)7-13/h3-7,10H,8-9H2,1-2H3. The highest BCUT2D eigenvalue weighted by molar-refractivity contribution is 7.99. The van der Waals surface area contributed by atoms with Crippen LogP contribution in [0, 0.1) is 0 Å². The lowest BCUT2D eigenvalue weighted by atomic mass is 10.1. The highest BCUT2D eigenvalue weighted by atomic mass is 32.2. The van der Waals surface area contributed by atoms with Gasteiger partial charge in [0, 0.05) is 10.8 Å². The Morgan fingerprint density at radius 1 is 1.40 bits per heavy atom. The quantitative estimate of drug-likeness (QED) is 0.422. The van der Waals surface area contributed by atoms with Crippen LogP contribution in [-0.4, -0.2) is 17.5 Å². The average Bonchev–Trinajstić information content (AvgIpc) is 2.24. The van der Waals surface area contributed by atoms with Gasteiger partial charge in [0.1, 0.15) is 6.29 Å². The van der Waals surface area contributed by atoms with Gasteiger partial charge in [-0.3, -0.25) is 4.79 Å². The van der Waals surface area contributed by atoms with E-state index >= 15 is 0 Å². The number of benzene rings is 1. The van der Waals surface area contributed by atoms with Gasteiger partial charge in [0.25, 0.3) is 0 Å². The maximum Gasteiger partial charge on any atom is 0.150 e. The number of carbonyl (C=O) groups excluding carboxylic acids is 1. The first-order valence-electron chi connectivity index (χ1n) is 4.96. The molecule has 0 aliphatic carbocycles. The molecule has 0 saturated carbocycles. The molecule has 0 bridgehead atoms. The third-order valence-corrected chi connectivity index (χ3v) is 2.89. The summed E-state index contributed by atoms with van der Waals surface area (Å²) >= 11 is 1.75. The molecule has 0 atom stereocenters. The van der Waals surface area contributed by atoms with Crippen molar-refractivity contribution in [3.63, 3.8) is 0 Å². The lowest BCUT2D eigenvalue weighted by Crippen LogP contribution is -1.98. The Kier molecular flexibility index (Phi) is 5.43. The van der Waals surface area contributed by atoms with Crippen LogP contribution in [-0.2, 0) is 11.3 Å². The average molecular weight is 224 g/mol. The molecule has 2 nitrogen and oxygen atoms in total. The van der Waals surface area contributed by atoms with Crippen molar-refractivity contribution in [3.8, 4) is 0 Å². The van der Waals surface area contributed by atoms with E-state index in [2.05, 4.69) is 13.8 Å². The molecule has 1 rings (SSSR count). The van der Waals surface area contributed by atoms with E-state index in [-0.39, 0.29) is 0 Å². The molecule has 0 aliphatic heterocycles. The van der Waals surface area contributed by atoms with E-state index in [1.54, 1.807) is 17.8 Å². The van der Waals surface area contributed by atoms with Crippen molar-refractivity contribution >= 4 is 18.0 Å². The zero-order valence-corrected chi connectivity index (χ0v) is 9.92. The van der Waals surface area contributed by atoms with E-state index in [0.29, 0.717) is 23.4 Å². The third kappa shape index (κ3) is 4.49. The van der Waals surface area contributed by atoms with Crippen molar-refractivity contribution in [3.05, 3.63) is 35.4 Å². The Bertz CT molecular complexity index is 310. The van der Waals surface area contributed by atoms with E-state index < -0.39 is 0 Å². The lowest BCUT2D eigenvalue weighted by Gasteiger charge is -2.07. The minimum Gasteiger partial charge on any atom is -0.366 e. The molecule has 15 heavy (non-hydrogen) atoms. The highest BCUT2D eigenvalue weighted by Gasteiger charge is 2.00. The monoisotopic (exact) mass is 224 g/mol. The maximum atomic E-state index is 10.7. The van der Waals surface area contributed by atoms with Gasteiger partial charge < -0.3 is 4.74 Å². The number of aldehydes is 1. The zero-order chi connectivity index (χ0) is 11.1. The van der Waals surface area contributed by atoms with Crippen molar-refractivity contribution in [1.29, 1.82) is 0 Å². The van der Waals surface area contributed by atoms with Gasteiger partial charge in [-0.1, -0.05) is 38.1 Å². The van der Waals surface area contributed by atoms with Crippen LogP contribution >= 0.6 is 11.8 Å². The second-order valence-corrected chi connectivity index (χ2v) is 5.01. The summed E-state index contributed by atoms with van der Waals surface area (Å²) in [7, 11) is 0. The summed E-state index contributed by atoms with van der Waals surface area (Å²) < 4.78 is 5.48. The summed E-state index contributed by atoms with van der Waals surface area (Å²) in [4.78, 5) is 10.7. The predicted molar refractivity (Wildman–Crippen MR) is 64.2 cm³/mol. The van der Waals surface area contributed by atoms with Crippen LogP contribution < -0.4 is 0 Å².